The third-order valence-electron chi connectivity index (χ3n) is 4.47. The van der Waals surface area contributed by atoms with E-state index in [4.69, 9.17) is 15.6 Å². The van der Waals surface area contributed by atoms with Gasteiger partial charge in [0.1, 0.15) is 5.75 Å². The van der Waals surface area contributed by atoms with Crippen LogP contribution in [0.3, 0.4) is 0 Å². The number of benzene rings is 2. The van der Waals surface area contributed by atoms with Crippen molar-refractivity contribution in [3.05, 3.63) is 71.4 Å². The molecule has 8 nitrogen and oxygen atoms in total. The standard InChI is InChI=1S/C13H13N3O2.C12H17NO2/c17-12(18)7-9-15-13-14-8-6-11(16-13)10-4-2-1-3-5-10;1-7(2)15-10-5-8(3)11(12(13)14)9(4)6-10/h1-6,8H,7,9H2,(H,17,18)(H,14,15,16);5-7H,1-4H3,(H2,13,14). The molecule has 0 radical (unpaired) electrons. The van der Waals surface area contributed by atoms with E-state index in [1.54, 1.807) is 6.20 Å². The molecule has 8 heteroatoms. The van der Waals surface area contributed by atoms with Crippen LogP contribution in [0.25, 0.3) is 11.3 Å². The highest BCUT2D eigenvalue weighted by atomic mass is 16.5. The Morgan fingerprint density at radius 1 is 1.09 bits per heavy atom. The van der Waals surface area contributed by atoms with Crippen molar-refractivity contribution in [3.63, 3.8) is 0 Å². The van der Waals surface area contributed by atoms with Gasteiger partial charge in [-0.05, 0) is 57.0 Å². The van der Waals surface area contributed by atoms with Gasteiger partial charge in [0.05, 0.1) is 18.2 Å². The second-order valence-corrected chi connectivity index (χ2v) is 7.66. The molecule has 0 aliphatic carbocycles. The Hall–Kier alpha value is -3.94. The first-order valence-electron chi connectivity index (χ1n) is 10.6. The number of ether oxygens (including phenoxy) is 1. The number of anilines is 1. The fourth-order valence-electron chi connectivity index (χ4n) is 3.15. The van der Waals surface area contributed by atoms with E-state index in [9.17, 15) is 9.59 Å². The highest BCUT2D eigenvalue weighted by molar-refractivity contribution is 5.96. The molecule has 4 N–H and O–H groups in total. The van der Waals surface area contributed by atoms with Crippen LogP contribution in [0.5, 0.6) is 5.75 Å². The largest absolute Gasteiger partial charge is 0.491 e. The molecule has 0 aliphatic heterocycles. The number of carbonyl (C=O) groups is 2. The molecule has 174 valence electrons. The van der Waals surface area contributed by atoms with E-state index in [0.29, 0.717) is 18.1 Å². The number of carboxylic acid groups (broad SMARTS) is 1. The van der Waals surface area contributed by atoms with Crippen LogP contribution in [0.2, 0.25) is 0 Å². The number of hydrogen-bond donors (Lipinski definition) is 3. The highest BCUT2D eigenvalue weighted by Gasteiger charge is 2.11. The van der Waals surface area contributed by atoms with Gasteiger partial charge in [-0.1, -0.05) is 30.3 Å². The Morgan fingerprint density at radius 2 is 1.73 bits per heavy atom. The monoisotopic (exact) mass is 450 g/mol. The summed E-state index contributed by atoms with van der Waals surface area (Å²) in [7, 11) is 0. The minimum Gasteiger partial charge on any atom is -0.491 e. The number of aromatic nitrogens is 2. The summed E-state index contributed by atoms with van der Waals surface area (Å²) in [6, 6.07) is 15.2. The zero-order chi connectivity index (χ0) is 24.4. The van der Waals surface area contributed by atoms with Gasteiger partial charge in [-0.3, -0.25) is 9.59 Å². The fraction of sp³-hybridized carbons (Fsp3) is 0.280. The van der Waals surface area contributed by atoms with Gasteiger partial charge in [0.2, 0.25) is 11.9 Å². The maximum atomic E-state index is 11.2. The summed E-state index contributed by atoms with van der Waals surface area (Å²) < 4.78 is 5.56. The molecule has 0 saturated heterocycles. The van der Waals surface area contributed by atoms with Gasteiger partial charge in [0.25, 0.3) is 0 Å². The van der Waals surface area contributed by atoms with Gasteiger partial charge < -0.3 is 20.9 Å². The smallest absolute Gasteiger partial charge is 0.305 e. The summed E-state index contributed by atoms with van der Waals surface area (Å²) >= 11 is 0. The van der Waals surface area contributed by atoms with Gasteiger partial charge in [0, 0.05) is 23.9 Å². The molecular formula is C25H30N4O4. The quantitative estimate of drug-likeness (QED) is 0.469. The number of aryl methyl sites for hydroxylation is 2. The van der Waals surface area contributed by atoms with E-state index in [-0.39, 0.29) is 18.4 Å². The molecule has 0 unspecified atom stereocenters. The highest BCUT2D eigenvalue weighted by Crippen LogP contribution is 2.22. The fourth-order valence-corrected chi connectivity index (χ4v) is 3.15. The van der Waals surface area contributed by atoms with E-state index in [1.807, 2.05) is 76.2 Å². The van der Waals surface area contributed by atoms with E-state index in [0.717, 1.165) is 28.1 Å². The number of nitrogens with zero attached hydrogens (tertiary/aromatic N) is 2. The molecule has 3 rings (SSSR count). The second kappa shape index (κ2) is 12.2. The molecule has 1 amide bonds. The normalized spacial score (nSPS) is 10.2. The Balaban J connectivity index is 0.000000238. The summed E-state index contributed by atoms with van der Waals surface area (Å²) in [4.78, 5) is 29.9. The molecule has 2 aromatic carbocycles. The zero-order valence-electron chi connectivity index (χ0n) is 19.3. The van der Waals surface area contributed by atoms with Gasteiger partial charge in [-0.15, -0.1) is 0 Å². The number of aliphatic carboxylic acids is 1. The average molecular weight is 451 g/mol. The Labute approximate surface area is 193 Å². The van der Waals surface area contributed by atoms with Crippen LogP contribution >= 0.6 is 0 Å². The number of amides is 1. The average Bonchev–Trinajstić information content (AvgIpc) is 2.73. The van der Waals surface area contributed by atoms with Crippen LogP contribution in [0, 0.1) is 13.8 Å². The number of nitrogens with two attached hydrogens (primary N) is 1. The minimum absolute atomic E-state index is 0.0406. The zero-order valence-corrected chi connectivity index (χ0v) is 19.3. The third kappa shape index (κ3) is 8.25. The Morgan fingerprint density at radius 3 is 2.27 bits per heavy atom. The van der Waals surface area contributed by atoms with Crippen LogP contribution < -0.4 is 15.8 Å². The molecule has 33 heavy (non-hydrogen) atoms. The number of nitrogens with one attached hydrogen (secondary N) is 1. The molecule has 1 aromatic heterocycles. The maximum Gasteiger partial charge on any atom is 0.305 e. The molecule has 0 aliphatic rings. The number of primary amides is 1. The first-order valence-corrected chi connectivity index (χ1v) is 10.6. The molecular weight excluding hydrogens is 420 g/mol. The molecule has 3 aromatic rings. The van der Waals surface area contributed by atoms with Crippen LogP contribution in [-0.2, 0) is 4.79 Å². The maximum absolute atomic E-state index is 11.2. The van der Waals surface area contributed by atoms with Crippen molar-refractivity contribution in [1.82, 2.24) is 9.97 Å². The minimum atomic E-state index is -0.846. The molecule has 0 bridgehead atoms. The van der Waals surface area contributed by atoms with Crippen LogP contribution in [0.4, 0.5) is 5.95 Å². The number of carboxylic acids is 1. The van der Waals surface area contributed by atoms with Gasteiger partial charge in [0.15, 0.2) is 0 Å². The topological polar surface area (TPSA) is 127 Å². The van der Waals surface area contributed by atoms with Crippen molar-refractivity contribution in [2.45, 2.75) is 40.2 Å². The second-order valence-electron chi connectivity index (χ2n) is 7.66. The van der Waals surface area contributed by atoms with Crippen molar-refractivity contribution >= 4 is 17.8 Å². The lowest BCUT2D eigenvalue weighted by molar-refractivity contribution is -0.136. The van der Waals surface area contributed by atoms with Crippen LogP contribution in [-0.4, -0.2) is 39.6 Å². The van der Waals surface area contributed by atoms with Gasteiger partial charge in [-0.25, -0.2) is 9.97 Å². The number of carbonyl (C=O) groups excluding carboxylic acids is 1. The lowest BCUT2D eigenvalue weighted by Gasteiger charge is -2.13. The molecule has 1 heterocycles. The predicted molar refractivity (Wildman–Crippen MR) is 128 cm³/mol. The Bertz CT molecular complexity index is 1060. The summed E-state index contributed by atoms with van der Waals surface area (Å²) in [5.74, 6) is -0.00888. The summed E-state index contributed by atoms with van der Waals surface area (Å²) in [6.07, 6.45) is 1.82. The van der Waals surface area contributed by atoms with Gasteiger partial charge >= 0.3 is 5.97 Å². The van der Waals surface area contributed by atoms with E-state index >= 15 is 0 Å². The summed E-state index contributed by atoms with van der Waals surface area (Å²) in [5.41, 5.74) is 9.40. The van der Waals surface area contributed by atoms with E-state index < -0.39 is 5.97 Å². The lowest BCUT2D eigenvalue weighted by atomic mass is 10.0. The third-order valence-corrected chi connectivity index (χ3v) is 4.47. The van der Waals surface area contributed by atoms with Gasteiger partial charge in [-0.2, -0.15) is 0 Å². The predicted octanol–water partition coefficient (Wildman–Crippen LogP) is 4.22. The first-order chi connectivity index (χ1) is 15.7. The van der Waals surface area contributed by atoms with Crippen LogP contribution in [0.1, 0.15) is 41.8 Å². The molecule has 0 atom stereocenters. The van der Waals surface area contributed by atoms with Crippen molar-refractivity contribution < 1.29 is 19.4 Å². The SMILES string of the molecule is Cc1cc(OC(C)C)cc(C)c1C(N)=O.O=C(O)CCNc1nccc(-c2ccccc2)n1. The Kier molecular flexibility index (Phi) is 9.35. The van der Waals surface area contributed by atoms with Crippen molar-refractivity contribution in [2.24, 2.45) is 5.73 Å². The lowest BCUT2D eigenvalue weighted by Crippen LogP contribution is -2.15. The summed E-state index contributed by atoms with van der Waals surface area (Å²) in [5, 5.41) is 11.4. The van der Waals surface area contributed by atoms with Crippen molar-refractivity contribution in [3.8, 4) is 17.0 Å². The van der Waals surface area contributed by atoms with E-state index in [2.05, 4.69) is 15.3 Å². The van der Waals surface area contributed by atoms with E-state index in [1.165, 1.54) is 0 Å². The number of hydrogen-bond acceptors (Lipinski definition) is 6. The van der Waals surface area contributed by atoms with Crippen molar-refractivity contribution in [1.29, 1.82) is 0 Å². The first kappa shape index (κ1) is 25.3. The molecule has 0 saturated carbocycles. The number of rotatable bonds is 8. The molecule has 0 fully saturated rings. The van der Waals surface area contributed by atoms with Crippen LogP contribution in [0.15, 0.2) is 54.7 Å². The summed E-state index contributed by atoms with van der Waals surface area (Å²) in [6.45, 7) is 7.97. The molecule has 0 spiro atoms. The van der Waals surface area contributed by atoms with Crippen molar-refractivity contribution in [2.75, 3.05) is 11.9 Å².